The maximum absolute atomic E-state index is 8.19. The first-order chi connectivity index (χ1) is 5.84. The van der Waals surface area contributed by atoms with E-state index in [0.717, 1.165) is 11.1 Å². The van der Waals surface area contributed by atoms with E-state index in [1.165, 1.54) is 6.21 Å². The number of hydrogen-bond donors (Lipinski definition) is 1. The molecule has 0 saturated carbocycles. The molecule has 0 heterocycles. The fourth-order valence-electron chi connectivity index (χ4n) is 0.942. The summed E-state index contributed by atoms with van der Waals surface area (Å²) in [5, 5.41) is 11.1. The van der Waals surface area contributed by atoms with E-state index in [-0.39, 0.29) is 0 Å². The molecule has 0 aromatic heterocycles. The van der Waals surface area contributed by atoms with Gasteiger partial charge in [-0.15, -0.1) is 0 Å². The van der Waals surface area contributed by atoms with E-state index in [1.54, 1.807) is 6.08 Å². The van der Waals surface area contributed by atoms with Crippen molar-refractivity contribution in [1.82, 2.24) is 0 Å². The van der Waals surface area contributed by atoms with Crippen LogP contribution in [0.15, 0.2) is 41.6 Å². The molecule has 1 aromatic rings. The van der Waals surface area contributed by atoms with Crippen molar-refractivity contribution in [3.63, 3.8) is 0 Å². The third-order valence-electron chi connectivity index (χ3n) is 1.62. The summed E-state index contributed by atoms with van der Waals surface area (Å²) in [5.41, 5.74) is 2.21. The fourth-order valence-corrected chi connectivity index (χ4v) is 0.942. The first kappa shape index (κ1) is 8.53. The van der Waals surface area contributed by atoms with Gasteiger partial charge in [-0.2, -0.15) is 0 Å². The van der Waals surface area contributed by atoms with E-state index in [2.05, 4.69) is 5.16 Å². The van der Waals surface area contributed by atoms with Crippen LogP contribution in [0, 0.1) is 0 Å². The zero-order chi connectivity index (χ0) is 8.81. The predicted octanol–water partition coefficient (Wildman–Crippen LogP) is 2.55. The molecule has 0 radical (unpaired) electrons. The Morgan fingerprint density at radius 1 is 1.33 bits per heavy atom. The lowest BCUT2D eigenvalue weighted by atomic mass is 10.1. The molecule has 0 atom stereocenters. The van der Waals surface area contributed by atoms with Gasteiger partial charge in [-0.3, -0.25) is 0 Å². The molecule has 0 fully saturated rings. The predicted molar refractivity (Wildman–Crippen MR) is 50.4 cm³/mol. The average molecular weight is 161 g/mol. The summed E-state index contributed by atoms with van der Waals surface area (Å²) in [6.07, 6.45) is 3.12. The molecular formula is C10H11NO. The number of allylic oxidation sites excluding steroid dienone is 2. The van der Waals surface area contributed by atoms with Crippen LogP contribution in [0.4, 0.5) is 0 Å². The maximum atomic E-state index is 8.19. The van der Waals surface area contributed by atoms with Crippen LogP contribution in [0.2, 0.25) is 0 Å². The highest BCUT2D eigenvalue weighted by Gasteiger charge is 1.90. The van der Waals surface area contributed by atoms with Gasteiger partial charge in [0.05, 0.1) is 6.21 Å². The quantitative estimate of drug-likeness (QED) is 0.403. The molecule has 0 saturated heterocycles. The second-order valence-corrected chi connectivity index (χ2v) is 2.48. The van der Waals surface area contributed by atoms with Crippen molar-refractivity contribution < 1.29 is 5.21 Å². The van der Waals surface area contributed by atoms with E-state index in [4.69, 9.17) is 5.21 Å². The summed E-state index contributed by atoms with van der Waals surface area (Å²) in [5.74, 6) is 0. The second-order valence-electron chi connectivity index (χ2n) is 2.48. The molecular weight excluding hydrogens is 150 g/mol. The van der Waals surface area contributed by atoms with Crippen LogP contribution in [0.1, 0.15) is 12.5 Å². The molecule has 1 rings (SSSR count). The van der Waals surface area contributed by atoms with Crippen molar-refractivity contribution in [2.45, 2.75) is 6.92 Å². The summed E-state index contributed by atoms with van der Waals surface area (Å²) in [4.78, 5) is 0. The van der Waals surface area contributed by atoms with Crippen LogP contribution in [-0.4, -0.2) is 11.4 Å². The number of rotatable bonds is 2. The lowest BCUT2D eigenvalue weighted by Crippen LogP contribution is -1.78. The van der Waals surface area contributed by atoms with Gasteiger partial charge in [0.15, 0.2) is 0 Å². The highest BCUT2D eigenvalue weighted by atomic mass is 16.4. The molecule has 0 amide bonds. The molecule has 2 heteroatoms. The van der Waals surface area contributed by atoms with Crippen molar-refractivity contribution in [3.8, 4) is 0 Å². The Labute approximate surface area is 71.8 Å². The molecule has 0 aliphatic carbocycles. The van der Waals surface area contributed by atoms with Crippen molar-refractivity contribution in [1.29, 1.82) is 0 Å². The maximum Gasteiger partial charge on any atom is 0.0664 e. The molecule has 0 bridgehead atoms. The highest BCUT2D eigenvalue weighted by molar-refractivity contribution is 5.83. The third kappa shape index (κ3) is 2.23. The normalized spacial score (nSPS) is 12.2. The van der Waals surface area contributed by atoms with Gasteiger partial charge in [0.2, 0.25) is 0 Å². The largest absolute Gasteiger partial charge is 0.411 e. The Morgan fingerprint density at radius 3 is 2.58 bits per heavy atom. The van der Waals surface area contributed by atoms with E-state index in [9.17, 15) is 0 Å². The molecule has 0 aliphatic heterocycles. The third-order valence-corrected chi connectivity index (χ3v) is 1.62. The summed E-state index contributed by atoms with van der Waals surface area (Å²) in [6.45, 7) is 1.97. The number of benzene rings is 1. The lowest BCUT2D eigenvalue weighted by molar-refractivity contribution is 0.322. The van der Waals surface area contributed by atoms with Gasteiger partial charge in [-0.25, -0.2) is 0 Å². The summed E-state index contributed by atoms with van der Waals surface area (Å²) >= 11 is 0. The standard InChI is InChI=1S/C10H11NO/c1-9(7-8-11-12)10-5-3-2-4-6-10/h2-8,12H,1H3. The van der Waals surface area contributed by atoms with Gasteiger partial charge < -0.3 is 5.21 Å². The van der Waals surface area contributed by atoms with Gasteiger partial charge in [-0.05, 0) is 24.1 Å². The van der Waals surface area contributed by atoms with E-state index < -0.39 is 0 Å². The SMILES string of the molecule is CC(=CC=NO)c1ccccc1. The minimum atomic E-state index is 1.08. The van der Waals surface area contributed by atoms with Crippen LogP contribution in [0.5, 0.6) is 0 Å². The van der Waals surface area contributed by atoms with Gasteiger partial charge in [0.1, 0.15) is 0 Å². The molecule has 12 heavy (non-hydrogen) atoms. The smallest absolute Gasteiger partial charge is 0.0664 e. The monoisotopic (exact) mass is 161 g/mol. The Balaban J connectivity index is 2.85. The topological polar surface area (TPSA) is 32.6 Å². The van der Waals surface area contributed by atoms with E-state index in [0.29, 0.717) is 0 Å². The Kier molecular flexibility index (Phi) is 3.08. The molecule has 0 aliphatic rings. The Morgan fingerprint density at radius 2 is 2.00 bits per heavy atom. The Hall–Kier alpha value is -1.57. The van der Waals surface area contributed by atoms with Crippen LogP contribution in [0.25, 0.3) is 5.57 Å². The van der Waals surface area contributed by atoms with E-state index in [1.807, 2.05) is 37.3 Å². The van der Waals surface area contributed by atoms with E-state index >= 15 is 0 Å². The van der Waals surface area contributed by atoms with Crippen LogP contribution in [0.3, 0.4) is 0 Å². The van der Waals surface area contributed by atoms with Crippen molar-refractivity contribution in [2.24, 2.45) is 5.16 Å². The minimum absolute atomic E-state index is 1.08. The van der Waals surface area contributed by atoms with Gasteiger partial charge in [-0.1, -0.05) is 35.5 Å². The zero-order valence-electron chi connectivity index (χ0n) is 6.94. The molecule has 62 valence electrons. The number of hydrogen-bond acceptors (Lipinski definition) is 2. The van der Waals surface area contributed by atoms with Gasteiger partial charge in [0, 0.05) is 0 Å². The summed E-state index contributed by atoms with van der Waals surface area (Å²) < 4.78 is 0. The highest BCUT2D eigenvalue weighted by Crippen LogP contribution is 2.11. The fraction of sp³-hybridized carbons (Fsp3) is 0.100. The van der Waals surface area contributed by atoms with Crippen molar-refractivity contribution in [3.05, 3.63) is 42.0 Å². The first-order valence-corrected chi connectivity index (χ1v) is 3.74. The van der Waals surface area contributed by atoms with Gasteiger partial charge >= 0.3 is 0 Å². The van der Waals surface area contributed by atoms with Crippen LogP contribution in [-0.2, 0) is 0 Å². The molecule has 2 nitrogen and oxygen atoms in total. The first-order valence-electron chi connectivity index (χ1n) is 3.74. The minimum Gasteiger partial charge on any atom is -0.411 e. The molecule has 1 N–H and O–H groups in total. The summed E-state index contributed by atoms with van der Waals surface area (Å²) in [6, 6.07) is 9.94. The Bertz CT molecular complexity index is 288. The van der Waals surface area contributed by atoms with Crippen LogP contribution < -0.4 is 0 Å². The molecule has 0 spiro atoms. The van der Waals surface area contributed by atoms with Crippen molar-refractivity contribution >= 4 is 11.8 Å². The van der Waals surface area contributed by atoms with Gasteiger partial charge in [0.25, 0.3) is 0 Å². The second kappa shape index (κ2) is 4.34. The van der Waals surface area contributed by atoms with Crippen molar-refractivity contribution in [2.75, 3.05) is 0 Å². The number of nitrogens with zero attached hydrogens (tertiary/aromatic N) is 1. The summed E-state index contributed by atoms with van der Waals surface area (Å²) in [7, 11) is 0. The molecule has 0 unspecified atom stereocenters. The number of oxime groups is 1. The zero-order valence-corrected chi connectivity index (χ0v) is 6.94. The lowest BCUT2D eigenvalue weighted by Gasteiger charge is -1.97. The molecule has 1 aromatic carbocycles. The van der Waals surface area contributed by atoms with Crippen LogP contribution >= 0.6 is 0 Å². The average Bonchev–Trinajstić information content (AvgIpc) is 2.15.